The van der Waals surface area contributed by atoms with Crippen molar-refractivity contribution in [2.45, 2.75) is 32.1 Å². The topological polar surface area (TPSA) is 69.7 Å². The Morgan fingerprint density at radius 1 is 0.971 bits per heavy atom. The Balaban J connectivity index is 1.52. The Kier molecular flexibility index (Phi) is 7.23. The number of nitrogens with one attached hydrogen (secondary N) is 1. The molecule has 0 bridgehead atoms. The van der Waals surface area contributed by atoms with Crippen molar-refractivity contribution in [2.24, 2.45) is 0 Å². The van der Waals surface area contributed by atoms with Crippen molar-refractivity contribution in [3.8, 4) is 0 Å². The fourth-order valence-corrected chi connectivity index (χ4v) is 5.82. The zero-order valence-corrected chi connectivity index (χ0v) is 21.0. The van der Waals surface area contributed by atoms with Gasteiger partial charge in [0, 0.05) is 37.6 Å². The van der Waals surface area contributed by atoms with E-state index in [9.17, 15) is 17.6 Å². The number of amides is 1. The number of anilines is 2. The van der Waals surface area contributed by atoms with Crippen LogP contribution in [0.4, 0.5) is 15.8 Å². The molecule has 3 aromatic rings. The van der Waals surface area contributed by atoms with Crippen LogP contribution in [-0.4, -0.2) is 44.8 Å². The summed E-state index contributed by atoms with van der Waals surface area (Å²) in [5.41, 5.74) is 4.67. The van der Waals surface area contributed by atoms with E-state index >= 15 is 0 Å². The first kappa shape index (κ1) is 24.9. The molecule has 184 valence electrons. The van der Waals surface area contributed by atoms with Gasteiger partial charge in [-0.25, -0.2) is 12.8 Å². The highest BCUT2D eigenvalue weighted by Gasteiger charge is 2.30. The second-order valence-corrected chi connectivity index (χ2v) is 10.7. The number of aryl methyl sites for hydroxylation is 2. The summed E-state index contributed by atoms with van der Waals surface area (Å²) in [5, 5.41) is 2.72. The fourth-order valence-electron chi connectivity index (χ4n) is 4.38. The molecule has 1 saturated heterocycles. The molecule has 0 aromatic heterocycles. The summed E-state index contributed by atoms with van der Waals surface area (Å²) in [6, 6.07) is 16.8. The zero-order chi connectivity index (χ0) is 25.2. The number of carbonyl (C=O) groups excluding carboxylic acids is 1. The van der Waals surface area contributed by atoms with E-state index in [-0.39, 0.29) is 10.5 Å². The number of hydrogen-bond donors (Lipinski definition) is 1. The lowest BCUT2D eigenvalue weighted by atomic mass is 10.1. The van der Waals surface area contributed by atoms with Gasteiger partial charge in [-0.05, 0) is 67.3 Å². The van der Waals surface area contributed by atoms with Gasteiger partial charge in [-0.3, -0.25) is 4.79 Å². The maximum Gasteiger partial charge on any atom is 0.258 e. The second-order valence-electron chi connectivity index (χ2n) is 8.72. The Labute approximate surface area is 206 Å². The quantitative estimate of drug-likeness (QED) is 0.535. The molecule has 0 aliphatic carbocycles. The normalized spacial score (nSPS) is 14.7. The molecule has 8 heteroatoms. The number of nitrogens with zero attached hydrogens (tertiary/aromatic N) is 2. The molecular weight excluding hydrogens is 465 g/mol. The molecule has 1 N–H and O–H groups in total. The van der Waals surface area contributed by atoms with Crippen LogP contribution in [0.1, 0.15) is 34.0 Å². The van der Waals surface area contributed by atoms with E-state index in [0.29, 0.717) is 38.3 Å². The summed E-state index contributed by atoms with van der Waals surface area (Å²) in [5.74, 6) is -1.45. The molecule has 0 saturated carbocycles. The number of carbonyl (C=O) groups is 1. The Hall–Kier alpha value is -3.23. The number of rotatable bonds is 6. The predicted molar refractivity (Wildman–Crippen MR) is 137 cm³/mol. The van der Waals surface area contributed by atoms with E-state index in [4.69, 9.17) is 0 Å². The summed E-state index contributed by atoms with van der Waals surface area (Å²) in [6.45, 7) is 7.79. The third kappa shape index (κ3) is 5.09. The van der Waals surface area contributed by atoms with Crippen LogP contribution in [0.15, 0.2) is 65.6 Å². The number of para-hydroxylation sites is 1. The number of hydrogen-bond acceptors (Lipinski definition) is 4. The molecule has 1 aliphatic heterocycles. The van der Waals surface area contributed by atoms with Crippen LogP contribution in [0.3, 0.4) is 0 Å². The van der Waals surface area contributed by atoms with Gasteiger partial charge in [-0.2, -0.15) is 4.31 Å². The van der Waals surface area contributed by atoms with Gasteiger partial charge in [-0.15, -0.1) is 0 Å². The van der Waals surface area contributed by atoms with Gasteiger partial charge in [0.05, 0.1) is 10.5 Å². The van der Waals surface area contributed by atoms with E-state index in [1.165, 1.54) is 21.5 Å². The monoisotopic (exact) mass is 495 g/mol. The van der Waals surface area contributed by atoms with Crippen LogP contribution in [0.5, 0.6) is 0 Å². The number of sulfonamides is 1. The molecular formula is C27H30FN3O3S. The van der Waals surface area contributed by atoms with Crippen LogP contribution in [0.25, 0.3) is 0 Å². The van der Waals surface area contributed by atoms with Crippen LogP contribution in [-0.2, 0) is 16.4 Å². The Morgan fingerprint density at radius 3 is 2.40 bits per heavy atom. The van der Waals surface area contributed by atoms with Crippen molar-refractivity contribution in [2.75, 3.05) is 36.4 Å². The van der Waals surface area contributed by atoms with Crippen molar-refractivity contribution < 1.29 is 17.6 Å². The highest BCUT2D eigenvalue weighted by Crippen LogP contribution is 2.27. The SMILES string of the molecule is CCc1ccccc1NC(=O)c1cc(S(=O)(=O)N2CCN(c3cccc(C)c3C)CC2)ccc1F. The predicted octanol–water partition coefficient (Wildman–Crippen LogP) is 4.77. The van der Waals surface area contributed by atoms with Crippen molar-refractivity contribution >= 4 is 27.3 Å². The molecule has 0 unspecified atom stereocenters. The van der Waals surface area contributed by atoms with E-state index in [0.717, 1.165) is 23.4 Å². The summed E-state index contributed by atoms with van der Waals surface area (Å²) in [6.07, 6.45) is 0.696. The molecule has 3 aromatic carbocycles. The van der Waals surface area contributed by atoms with Crippen LogP contribution < -0.4 is 10.2 Å². The van der Waals surface area contributed by atoms with Crippen molar-refractivity contribution in [3.05, 3.63) is 88.7 Å². The van der Waals surface area contributed by atoms with Crippen LogP contribution >= 0.6 is 0 Å². The minimum atomic E-state index is -3.88. The molecule has 4 rings (SSSR count). The van der Waals surface area contributed by atoms with E-state index in [1.807, 2.05) is 31.2 Å². The fraction of sp³-hybridized carbons (Fsp3) is 0.296. The van der Waals surface area contributed by atoms with Crippen LogP contribution in [0, 0.1) is 19.7 Å². The average molecular weight is 496 g/mol. The summed E-state index contributed by atoms with van der Waals surface area (Å²) < 4.78 is 42.7. The number of halogens is 1. The minimum absolute atomic E-state index is 0.0898. The molecule has 0 spiro atoms. The first-order valence-corrected chi connectivity index (χ1v) is 13.2. The zero-order valence-electron chi connectivity index (χ0n) is 20.2. The molecule has 1 aliphatic rings. The first-order chi connectivity index (χ1) is 16.7. The minimum Gasteiger partial charge on any atom is -0.369 e. The number of benzene rings is 3. The largest absolute Gasteiger partial charge is 0.369 e. The third-order valence-corrected chi connectivity index (χ3v) is 8.52. The van der Waals surface area contributed by atoms with Gasteiger partial charge >= 0.3 is 0 Å². The Bertz CT molecular complexity index is 1350. The summed E-state index contributed by atoms with van der Waals surface area (Å²) in [4.78, 5) is 14.9. The molecule has 1 fully saturated rings. The highest BCUT2D eigenvalue weighted by molar-refractivity contribution is 7.89. The summed E-state index contributed by atoms with van der Waals surface area (Å²) in [7, 11) is -3.88. The lowest BCUT2D eigenvalue weighted by molar-refractivity contribution is 0.102. The van der Waals surface area contributed by atoms with E-state index < -0.39 is 21.7 Å². The molecule has 1 heterocycles. The molecule has 0 radical (unpaired) electrons. The van der Waals surface area contributed by atoms with Gasteiger partial charge in [0.2, 0.25) is 10.0 Å². The lowest BCUT2D eigenvalue weighted by Crippen LogP contribution is -2.48. The average Bonchev–Trinajstić information content (AvgIpc) is 2.86. The number of piperazine rings is 1. The van der Waals surface area contributed by atoms with E-state index in [1.54, 1.807) is 12.1 Å². The maximum atomic E-state index is 14.6. The van der Waals surface area contributed by atoms with Crippen molar-refractivity contribution in [3.63, 3.8) is 0 Å². The molecule has 1 amide bonds. The second kappa shape index (κ2) is 10.2. The van der Waals surface area contributed by atoms with Gasteiger partial charge in [0.1, 0.15) is 5.82 Å². The lowest BCUT2D eigenvalue weighted by Gasteiger charge is -2.36. The molecule has 35 heavy (non-hydrogen) atoms. The van der Waals surface area contributed by atoms with Gasteiger partial charge in [0.15, 0.2) is 0 Å². The molecule has 6 nitrogen and oxygen atoms in total. The van der Waals surface area contributed by atoms with Gasteiger partial charge < -0.3 is 10.2 Å². The first-order valence-electron chi connectivity index (χ1n) is 11.7. The third-order valence-electron chi connectivity index (χ3n) is 6.62. The highest BCUT2D eigenvalue weighted by atomic mass is 32.2. The van der Waals surface area contributed by atoms with Crippen molar-refractivity contribution in [1.82, 2.24) is 4.31 Å². The Morgan fingerprint density at radius 2 is 1.69 bits per heavy atom. The van der Waals surface area contributed by atoms with Crippen LogP contribution in [0.2, 0.25) is 0 Å². The maximum absolute atomic E-state index is 14.6. The van der Waals surface area contributed by atoms with Gasteiger partial charge in [-0.1, -0.05) is 37.3 Å². The van der Waals surface area contributed by atoms with E-state index in [2.05, 4.69) is 30.1 Å². The smallest absolute Gasteiger partial charge is 0.258 e. The standard InChI is InChI=1S/C27H30FN3O3S/c1-4-21-9-5-6-10-25(21)29-27(32)23-18-22(12-13-24(23)28)35(33,34)31-16-14-30(15-17-31)26-11-7-8-19(2)20(26)3/h5-13,18H,4,14-17H2,1-3H3,(H,29,32). The van der Waals surface area contributed by atoms with Gasteiger partial charge in [0.25, 0.3) is 5.91 Å². The molecule has 0 atom stereocenters. The summed E-state index contributed by atoms with van der Waals surface area (Å²) >= 11 is 0. The van der Waals surface area contributed by atoms with Crippen molar-refractivity contribution in [1.29, 1.82) is 0 Å².